The molecule has 0 aliphatic heterocycles. The molecule has 0 heterocycles. The van der Waals surface area contributed by atoms with Gasteiger partial charge in [-0.3, -0.25) is 0 Å². The van der Waals surface area contributed by atoms with Gasteiger partial charge in [-0.25, -0.2) is 8.42 Å². The van der Waals surface area contributed by atoms with E-state index in [2.05, 4.69) is 12.6 Å². The van der Waals surface area contributed by atoms with Gasteiger partial charge in [-0.2, -0.15) is 12.6 Å². The first-order chi connectivity index (χ1) is 2.94. The second-order valence-corrected chi connectivity index (χ2v) is 4.92. The molecule has 0 N–H and O–H groups in total. The second-order valence-electron chi connectivity index (χ2n) is 1.43. The lowest BCUT2D eigenvalue weighted by Gasteiger charge is -1.95. The Bertz CT molecular complexity index is 133. The SMILES string of the molecule is CC(S)S(C)(=O)=O. The van der Waals surface area contributed by atoms with Crippen LogP contribution in [0.25, 0.3) is 0 Å². The van der Waals surface area contributed by atoms with Crippen molar-refractivity contribution in [1.29, 1.82) is 0 Å². The van der Waals surface area contributed by atoms with Crippen LogP contribution in [0.1, 0.15) is 6.92 Å². The molecule has 44 valence electrons. The summed E-state index contributed by atoms with van der Waals surface area (Å²) in [6, 6.07) is 0. The van der Waals surface area contributed by atoms with Gasteiger partial charge in [-0.15, -0.1) is 0 Å². The van der Waals surface area contributed by atoms with E-state index in [4.69, 9.17) is 0 Å². The molecule has 7 heavy (non-hydrogen) atoms. The van der Waals surface area contributed by atoms with Gasteiger partial charge >= 0.3 is 0 Å². The van der Waals surface area contributed by atoms with Gasteiger partial charge in [0.05, 0.1) is 0 Å². The van der Waals surface area contributed by atoms with E-state index in [0.29, 0.717) is 0 Å². The van der Waals surface area contributed by atoms with Gasteiger partial charge in [0.1, 0.15) is 4.58 Å². The fourth-order valence-electron chi connectivity index (χ4n) is 0. The second kappa shape index (κ2) is 2.05. The van der Waals surface area contributed by atoms with Gasteiger partial charge in [0.2, 0.25) is 0 Å². The molecule has 0 fully saturated rings. The normalized spacial score (nSPS) is 16.4. The summed E-state index contributed by atoms with van der Waals surface area (Å²) < 4.78 is 20.0. The van der Waals surface area contributed by atoms with Crippen molar-refractivity contribution in [3.63, 3.8) is 0 Å². The average molecular weight is 140 g/mol. The summed E-state index contributed by atoms with van der Waals surface area (Å²) in [5.74, 6) is 0. The number of hydrogen-bond donors (Lipinski definition) is 1. The Morgan fingerprint density at radius 3 is 1.71 bits per heavy atom. The summed E-state index contributed by atoms with van der Waals surface area (Å²) in [6.45, 7) is 1.53. The summed E-state index contributed by atoms with van der Waals surface area (Å²) in [5, 5.41) is 0. The number of rotatable bonds is 1. The molecule has 0 amide bonds. The van der Waals surface area contributed by atoms with E-state index in [0.717, 1.165) is 6.26 Å². The molecule has 0 aromatic carbocycles. The van der Waals surface area contributed by atoms with E-state index in [-0.39, 0.29) is 0 Å². The van der Waals surface area contributed by atoms with Crippen molar-refractivity contribution in [3.05, 3.63) is 0 Å². The number of thiol groups is 1. The first-order valence-corrected chi connectivity index (χ1v) is 4.28. The summed E-state index contributed by atoms with van der Waals surface area (Å²) >= 11 is 3.69. The maximum absolute atomic E-state index is 10.3. The summed E-state index contributed by atoms with van der Waals surface area (Å²) in [7, 11) is -2.88. The average Bonchev–Trinajstić information content (AvgIpc) is 1.31. The maximum Gasteiger partial charge on any atom is 0.159 e. The van der Waals surface area contributed by atoms with Crippen molar-refractivity contribution in [1.82, 2.24) is 0 Å². The van der Waals surface area contributed by atoms with Gasteiger partial charge in [0.15, 0.2) is 9.84 Å². The number of hydrogen-bond acceptors (Lipinski definition) is 3. The maximum atomic E-state index is 10.3. The topological polar surface area (TPSA) is 34.1 Å². The standard InChI is InChI=1S/C3H8O2S2/c1-3(6)7(2,4)5/h3,6H,1-2H3. The minimum absolute atomic E-state index is 0.535. The largest absolute Gasteiger partial charge is 0.228 e. The summed E-state index contributed by atoms with van der Waals surface area (Å²) in [4.78, 5) is 0. The Hall–Kier alpha value is 0.300. The lowest BCUT2D eigenvalue weighted by atomic mass is 11.0. The molecular formula is C3H8O2S2. The van der Waals surface area contributed by atoms with Crippen molar-refractivity contribution in [2.75, 3.05) is 6.26 Å². The van der Waals surface area contributed by atoms with Crippen LogP contribution in [-0.4, -0.2) is 19.3 Å². The molecule has 1 unspecified atom stereocenters. The predicted octanol–water partition coefficient (Wildman–Crippen LogP) is 0.307. The Morgan fingerprint density at radius 2 is 1.71 bits per heavy atom. The highest BCUT2D eigenvalue weighted by Gasteiger charge is 2.06. The minimum atomic E-state index is -2.88. The highest BCUT2D eigenvalue weighted by Crippen LogP contribution is 1.99. The van der Waals surface area contributed by atoms with Gasteiger partial charge in [-0.05, 0) is 6.92 Å². The van der Waals surface area contributed by atoms with Crippen molar-refractivity contribution >= 4 is 22.5 Å². The molecule has 0 bridgehead atoms. The Labute approximate surface area is 49.2 Å². The zero-order valence-corrected chi connectivity index (χ0v) is 5.96. The molecule has 0 aromatic rings. The van der Waals surface area contributed by atoms with Crippen LogP contribution in [0.5, 0.6) is 0 Å². The van der Waals surface area contributed by atoms with Crippen LogP contribution in [0.3, 0.4) is 0 Å². The molecule has 0 aliphatic carbocycles. The van der Waals surface area contributed by atoms with Crippen molar-refractivity contribution in [2.24, 2.45) is 0 Å². The molecule has 0 rings (SSSR count). The summed E-state index contributed by atoms with van der Waals surface area (Å²) in [6.07, 6.45) is 1.16. The van der Waals surface area contributed by atoms with Crippen LogP contribution in [0.15, 0.2) is 0 Å². The minimum Gasteiger partial charge on any atom is -0.228 e. The van der Waals surface area contributed by atoms with E-state index in [1.54, 1.807) is 0 Å². The molecule has 1 atom stereocenters. The fourth-order valence-corrected chi connectivity index (χ4v) is 0. The van der Waals surface area contributed by atoms with Crippen LogP contribution in [0.2, 0.25) is 0 Å². The van der Waals surface area contributed by atoms with E-state index < -0.39 is 14.4 Å². The quantitative estimate of drug-likeness (QED) is 0.532. The van der Waals surface area contributed by atoms with Crippen LogP contribution in [0, 0.1) is 0 Å². The van der Waals surface area contributed by atoms with Gasteiger partial charge in [-0.1, -0.05) is 0 Å². The molecule has 4 heteroatoms. The third kappa shape index (κ3) is 2.93. The zero-order chi connectivity index (χ0) is 6.08. The van der Waals surface area contributed by atoms with E-state index in [1.807, 2.05) is 0 Å². The molecule has 0 saturated heterocycles. The van der Waals surface area contributed by atoms with Crippen molar-refractivity contribution in [3.8, 4) is 0 Å². The lowest BCUT2D eigenvalue weighted by Crippen LogP contribution is -2.07. The van der Waals surface area contributed by atoms with E-state index in [9.17, 15) is 8.42 Å². The van der Waals surface area contributed by atoms with Crippen LogP contribution in [-0.2, 0) is 9.84 Å². The van der Waals surface area contributed by atoms with Crippen molar-refractivity contribution in [2.45, 2.75) is 11.5 Å². The zero-order valence-electron chi connectivity index (χ0n) is 4.25. The molecule has 0 radical (unpaired) electrons. The first kappa shape index (κ1) is 7.30. The summed E-state index contributed by atoms with van der Waals surface area (Å²) in [5.41, 5.74) is 0. The molecule has 2 nitrogen and oxygen atoms in total. The molecule has 0 saturated carbocycles. The van der Waals surface area contributed by atoms with E-state index in [1.165, 1.54) is 6.92 Å². The lowest BCUT2D eigenvalue weighted by molar-refractivity contribution is 0.601. The molecule has 0 aromatic heterocycles. The third-order valence-corrected chi connectivity index (χ3v) is 3.01. The van der Waals surface area contributed by atoms with Gasteiger partial charge in [0, 0.05) is 6.26 Å². The molecular weight excluding hydrogens is 132 g/mol. The molecule has 0 aliphatic rings. The Kier molecular flexibility index (Phi) is 2.13. The monoisotopic (exact) mass is 140 g/mol. The van der Waals surface area contributed by atoms with Crippen molar-refractivity contribution < 1.29 is 8.42 Å². The predicted molar refractivity (Wildman–Crippen MR) is 33.3 cm³/mol. The van der Waals surface area contributed by atoms with Gasteiger partial charge < -0.3 is 0 Å². The highest BCUT2D eigenvalue weighted by atomic mass is 32.2. The Balaban J connectivity index is 4.10. The van der Waals surface area contributed by atoms with Crippen LogP contribution in [0.4, 0.5) is 0 Å². The smallest absolute Gasteiger partial charge is 0.159 e. The van der Waals surface area contributed by atoms with Crippen LogP contribution < -0.4 is 0 Å². The Morgan fingerprint density at radius 1 is 1.57 bits per heavy atom. The molecule has 0 spiro atoms. The van der Waals surface area contributed by atoms with Crippen LogP contribution >= 0.6 is 12.6 Å². The number of sulfone groups is 1. The highest BCUT2D eigenvalue weighted by molar-refractivity contribution is 8.04. The first-order valence-electron chi connectivity index (χ1n) is 1.81. The van der Waals surface area contributed by atoms with Gasteiger partial charge in [0.25, 0.3) is 0 Å². The van der Waals surface area contributed by atoms with E-state index >= 15 is 0 Å². The third-order valence-electron chi connectivity index (χ3n) is 0.620. The fraction of sp³-hybridized carbons (Fsp3) is 1.00.